The number of carbonyl (C=O) groups is 1. The Labute approximate surface area is 225 Å². The van der Waals surface area contributed by atoms with Crippen LogP contribution >= 0.6 is 0 Å². The number of ketones is 1. The molecule has 3 aromatic carbocycles. The summed E-state index contributed by atoms with van der Waals surface area (Å²) < 4.78 is 11.4. The minimum absolute atomic E-state index is 0.0608. The maximum atomic E-state index is 13.3. The molecule has 2 aliphatic heterocycles. The van der Waals surface area contributed by atoms with E-state index in [4.69, 9.17) is 9.47 Å². The molecule has 0 unspecified atom stereocenters. The smallest absolute Gasteiger partial charge is 0.232 e. The third-order valence-electron chi connectivity index (χ3n) is 7.49. The highest BCUT2D eigenvalue weighted by Gasteiger charge is 2.34. The largest absolute Gasteiger partial charge is 0.507 e. The molecule has 198 valence electrons. The number of ether oxygens (including phenoxy) is 2. The van der Waals surface area contributed by atoms with Gasteiger partial charge in [0.25, 0.3) is 0 Å². The van der Waals surface area contributed by atoms with Crippen molar-refractivity contribution in [2.45, 2.75) is 39.7 Å². The molecule has 0 radical (unpaired) electrons. The second-order valence-electron chi connectivity index (χ2n) is 11.2. The number of aromatic hydroxyl groups is 1. The van der Waals surface area contributed by atoms with Crippen molar-refractivity contribution in [1.29, 1.82) is 0 Å². The van der Waals surface area contributed by atoms with E-state index in [-0.39, 0.29) is 16.9 Å². The molecule has 2 heterocycles. The summed E-state index contributed by atoms with van der Waals surface area (Å²) in [7, 11) is 1.67. The maximum Gasteiger partial charge on any atom is 0.232 e. The normalized spacial score (nSPS) is 17.0. The molecule has 6 heteroatoms. The zero-order valence-corrected chi connectivity index (χ0v) is 22.9. The van der Waals surface area contributed by atoms with Crippen molar-refractivity contribution in [3.8, 4) is 17.2 Å². The van der Waals surface area contributed by atoms with Gasteiger partial charge in [0.15, 0.2) is 5.76 Å². The van der Waals surface area contributed by atoms with Gasteiger partial charge in [-0.05, 0) is 65.4 Å². The van der Waals surface area contributed by atoms with Crippen LogP contribution in [-0.4, -0.2) is 49.1 Å². The fourth-order valence-electron chi connectivity index (χ4n) is 5.14. The minimum Gasteiger partial charge on any atom is -0.507 e. The molecule has 3 aromatic rings. The average Bonchev–Trinajstić information content (AvgIpc) is 3.22. The predicted molar refractivity (Wildman–Crippen MR) is 151 cm³/mol. The van der Waals surface area contributed by atoms with Crippen LogP contribution in [0.25, 0.3) is 6.08 Å². The molecule has 1 N–H and O–H groups in total. The van der Waals surface area contributed by atoms with Gasteiger partial charge in [0.05, 0.1) is 18.2 Å². The number of phenolic OH excluding ortho intramolecular Hbond substituents is 1. The molecular weight excluding hydrogens is 476 g/mol. The van der Waals surface area contributed by atoms with E-state index in [1.807, 2.05) is 31.2 Å². The minimum atomic E-state index is -0.136. The highest BCUT2D eigenvalue weighted by molar-refractivity contribution is 6.15. The average molecular weight is 513 g/mol. The Morgan fingerprint density at radius 3 is 2.26 bits per heavy atom. The van der Waals surface area contributed by atoms with Gasteiger partial charge in [-0.1, -0.05) is 45.0 Å². The summed E-state index contributed by atoms with van der Waals surface area (Å²) in [5.41, 5.74) is 5.32. The molecule has 6 nitrogen and oxygen atoms in total. The number of allylic oxidation sites excluding steroid dienone is 1. The molecule has 38 heavy (non-hydrogen) atoms. The summed E-state index contributed by atoms with van der Waals surface area (Å²) >= 11 is 0. The van der Waals surface area contributed by atoms with Crippen LogP contribution in [0.2, 0.25) is 0 Å². The number of carbonyl (C=O) groups excluding carboxylic acids is 1. The van der Waals surface area contributed by atoms with Crippen LogP contribution in [0.1, 0.15) is 53.4 Å². The number of hydrogen-bond acceptors (Lipinski definition) is 6. The van der Waals surface area contributed by atoms with E-state index >= 15 is 0 Å². The summed E-state index contributed by atoms with van der Waals surface area (Å²) in [4.78, 5) is 18.0. The van der Waals surface area contributed by atoms with E-state index in [1.54, 1.807) is 19.3 Å². The van der Waals surface area contributed by atoms with Gasteiger partial charge >= 0.3 is 0 Å². The first-order valence-corrected chi connectivity index (χ1v) is 13.2. The van der Waals surface area contributed by atoms with Crippen molar-refractivity contribution in [2.75, 3.05) is 38.2 Å². The molecule has 2 aliphatic rings. The van der Waals surface area contributed by atoms with Gasteiger partial charge in [0.1, 0.15) is 17.2 Å². The first-order valence-electron chi connectivity index (χ1n) is 13.2. The van der Waals surface area contributed by atoms with Gasteiger partial charge in [-0.2, -0.15) is 0 Å². The van der Waals surface area contributed by atoms with E-state index < -0.39 is 0 Å². The molecule has 0 atom stereocenters. The summed E-state index contributed by atoms with van der Waals surface area (Å²) in [5, 5.41) is 10.9. The Bertz CT molecular complexity index is 1360. The molecule has 1 saturated heterocycles. The molecule has 0 saturated carbocycles. The Kier molecular flexibility index (Phi) is 6.93. The molecule has 5 rings (SSSR count). The van der Waals surface area contributed by atoms with Crippen LogP contribution < -0.4 is 14.4 Å². The van der Waals surface area contributed by atoms with Crippen molar-refractivity contribution < 1.29 is 19.4 Å². The van der Waals surface area contributed by atoms with Gasteiger partial charge in [-0.15, -0.1) is 0 Å². The standard InChI is InChI=1S/C32H36N2O4/c1-21-18-27(35)26(20-33-14-16-34(17-15-33)24-10-12-25(37-5)13-11-24)31-29(21)30(36)28(38-31)19-22-6-8-23(9-7-22)32(2,3)4/h6-13,18-19,35H,14-17,20H2,1-5H3/b28-19+. The van der Waals surface area contributed by atoms with Crippen molar-refractivity contribution in [1.82, 2.24) is 4.90 Å². The lowest BCUT2D eigenvalue weighted by Crippen LogP contribution is -2.46. The fourth-order valence-corrected chi connectivity index (χ4v) is 5.14. The first-order chi connectivity index (χ1) is 18.1. The van der Waals surface area contributed by atoms with Crippen LogP contribution in [0.4, 0.5) is 5.69 Å². The second-order valence-corrected chi connectivity index (χ2v) is 11.2. The molecule has 0 aliphatic carbocycles. The number of methoxy groups -OCH3 is 1. The highest BCUT2D eigenvalue weighted by atomic mass is 16.5. The van der Waals surface area contributed by atoms with Gasteiger partial charge in [0.2, 0.25) is 5.78 Å². The predicted octanol–water partition coefficient (Wildman–Crippen LogP) is 5.95. The van der Waals surface area contributed by atoms with Crippen molar-refractivity contribution in [3.05, 3.63) is 88.2 Å². The summed E-state index contributed by atoms with van der Waals surface area (Å²) in [6.07, 6.45) is 1.79. The van der Waals surface area contributed by atoms with E-state index in [0.717, 1.165) is 43.1 Å². The topological polar surface area (TPSA) is 62.2 Å². The lowest BCUT2D eigenvalue weighted by molar-refractivity contribution is 0.101. The summed E-state index contributed by atoms with van der Waals surface area (Å²) in [6.45, 7) is 12.3. The van der Waals surface area contributed by atoms with Gasteiger partial charge in [0, 0.05) is 38.4 Å². The zero-order valence-electron chi connectivity index (χ0n) is 22.9. The number of benzene rings is 3. The van der Waals surface area contributed by atoms with Crippen LogP contribution in [0.5, 0.6) is 17.2 Å². The number of piperazine rings is 1. The molecule has 0 aromatic heterocycles. The Morgan fingerprint density at radius 2 is 1.66 bits per heavy atom. The van der Waals surface area contributed by atoms with Gasteiger partial charge in [-0.25, -0.2) is 0 Å². The summed E-state index contributed by atoms with van der Waals surface area (Å²) in [6, 6.07) is 18.0. The lowest BCUT2D eigenvalue weighted by atomic mass is 9.86. The molecular formula is C32H36N2O4. The maximum absolute atomic E-state index is 13.3. The van der Waals surface area contributed by atoms with Crippen LogP contribution in [-0.2, 0) is 12.0 Å². The van der Waals surface area contributed by atoms with Crippen LogP contribution in [0.3, 0.4) is 0 Å². The molecule has 0 spiro atoms. The van der Waals surface area contributed by atoms with Crippen molar-refractivity contribution in [2.24, 2.45) is 0 Å². The van der Waals surface area contributed by atoms with Crippen LogP contribution in [0.15, 0.2) is 60.4 Å². The Balaban J connectivity index is 1.32. The van der Waals surface area contributed by atoms with Gasteiger partial charge < -0.3 is 19.5 Å². The monoisotopic (exact) mass is 512 g/mol. The quantitative estimate of drug-likeness (QED) is 0.427. The Morgan fingerprint density at radius 1 is 1.00 bits per heavy atom. The third kappa shape index (κ3) is 5.14. The molecule has 0 bridgehead atoms. The van der Waals surface area contributed by atoms with Crippen molar-refractivity contribution in [3.63, 3.8) is 0 Å². The number of rotatable bonds is 5. The van der Waals surface area contributed by atoms with Gasteiger partial charge in [-0.3, -0.25) is 9.69 Å². The SMILES string of the molecule is COc1ccc(N2CCN(Cc3c(O)cc(C)c4c3O/C(=C/c3ccc(C(C)(C)C)cc3)C4=O)CC2)cc1. The van der Waals surface area contributed by atoms with Crippen molar-refractivity contribution >= 4 is 17.5 Å². The number of phenols is 1. The Hall–Kier alpha value is -3.77. The second kappa shape index (κ2) is 10.2. The number of hydrogen-bond donors (Lipinski definition) is 1. The third-order valence-corrected chi connectivity index (χ3v) is 7.49. The summed E-state index contributed by atoms with van der Waals surface area (Å²) in [5.74, 6) is 1.66. The lowest BCUT2D eigenvalue weighted by Gasteiger charge is -2.36. The first kappa shape index (κ1) is 25.9. The molecule has 0 amide bonds. The number of anilines is 1. The zero-order chi connectivity index (χ0) is 27.0. The fraction of sp³-hybridized carbons (Fsp3) is 0.344. The van der Waals surface area contributed by atoms with E-state index in [1.165, 1.54) is 11.3 Å². The molecule has 1 fully saturated rings. The number of nitrogens with zero attached hydrogens (tertiary/aromatic N) is 2. The highest BCUT2D eigenvalue weighted by Crippen LogP contribution is 2.42. The van der Waals surface area contributed by atoms with E-state index in [0.29, 0.717) is 29.2 Å². The number of Topliss-reactive ketones (excluding diaryl/α,β-unsaturated/α-hetero) is 1. The number of fused-ring (bicyclic) bond motifs is 1. The van der Waals surface area contributed by atoms with E-state index in [9.17, 15) is 9.90 Å². The van der Waals surface area contributed by atoms with Crippen LogP contribution in [0, 0.1) is 6.92 Å². The van der Waals surface area contributed by atoms with E-state index in [2.05, 4.69) is 54.8 Å². The number of aryl methyl sites for hydroxylation is 1.